The number of carbonyl (C=O) groups is 3. The van der Waals surface area contributed by atoms with E-state index in [4.69, 9.17) is 4.74 Å². The molecule has 1 N–H and O–H groups in total. The molecule has 0 aliphatic carbocycles. The summed E-state index contributed by atoms with van der Waals surface area (Å²) in [4.78, 5) is 37.1. The van der Waals surface area contributed by atoms with Crippen molar-refractivity contribution in [3.8, 4) is 0 Å². The summed E-state index contributed by atoms with van der Waals surface area (Å²) >= 11 is 0. The van der Waals surface area contributed by atoms with Gasteiger partial charge in [-0.1, -0.05) is 30.3 Å². The number of esters is 1. The van der Waals surface area contributed by atoms with E-state index in [9.17, 15) is 27.4 Å². The number of benzene rings is 1. The van der Waals surface area contributed by atoms with Crippen molar-refractivity contribution < 1.29 is 36.8 Å². The Morgan fingerprint density at radius 1 is 1.25 bits per heavy atom. The molecule has 0 aromatic heterocycles. The second kappa shape index (κ2) is 8.62. The molecule has 0 unspecified atom stereocenters. The van der Waals surface area contributed by atoms with Crippen LogP contribution in [0.15, 0.2) is 42.0 Å². The fraction of sp³-hybridized carbons (Fsp3) is 0.312. The van der Waals surface area contributed by atoms with Crippen molar-refractivity contribution in [2.45, 2.75) is 18.7 Å². The van der Waals surface area contributed by atoms with Gasteiger partial charge in [-0.3, -0.25) is 14.2 Å². The number of nitrogens with zero attached hydrogens (tertiary/aromatic N) is 2. The third-order valence-electron chi connectivity index (χ3n) is 4.28. The van der Waals surface area contributed by atoms with Crippen LogP contribution >= 0.6 is 0 Å². The molecule has 2 aliphatic rings. The first-order chi connectivity index (χ1) is 12.7. The van der Waals surface area contributed by atoms with Crippen molar-refractivity contribution in [1.82, 2.24) is 9.21 Å². The molecule has 0 spiro atoms. The van der Waals surface area contributed by atoms with Crippen LogP contribution in [0.3, 0.4) is 0 Å². The predicted octanol–water partition coefficient (Wildman–Crippen LogP) is -0.528. The molecule has 2 heterocycles. The van der Waals surface area contributed by atoms with Crippen LogP contribution in [0.1, 0.15) is 5.56 Å². The minimum absolute atomic E-state index is 0. The third kappa shape index (κ3) is 4.23. The van der Waals surface area contributed by atoms with Gasteiger partial charge in [-0.2, -0.15) is 8.42 Å². The van der Waals surface area contributed by atoms with Gasteiger partial charge >= 0.3 is 51.9 Å². The Hall–Kier alpha value is -1.92. The summed E-state index contributed by atoms with van der Waals surface area (Å²) in [5.74, 6) is -1.76. The average molecular weight is 420 g/mol. The summed E-state index contributed by atoms with van der Waals surface area (Å²) in [5.41, 5.74) is 0.868. The molecule has 2 amide bonds. The normalized spacial score (nSPS) is 22.2. The number of rotatable bonds is 4. The maximum absolute atomic E-state index is 12.4. The minimum atomic E-state index is -4.84. The molecule has 0 saturated carbocycles. The van der Waals surface area contributed by atoms with Gasteiger partial charge in [-0.25, -0.2) is 13.9 Å². The zero-order valence-corrected chi connectivity index (χ0v) is 15.0. The van der Waals surface area contributed by atoms with Crippen molar-refractivity contribution in [2.24, 2.45) is 0 Å². The topological polar surface area (TPSA) is 131 Å². The van der Waals surface area contributed by atoms with Crippen LogP contribution in [-0.2, 0) is 36.0 Å². The van der Waals surface area contributed by atoms with E-state index in [2.05, 4.69) is 4.74 Å². The zero-order chi connectivity index (χ0) is 19.8. The van der Waals surface area contributed by atoms with Gasteiger partial charge in [-0.15, -0.1) is 0 Å². The number of amides is 2. The molecule has 12 heteroatoms. The van der Waals surface area contributed by atoms with Gasteiger partial charge in [0.25, 0.3) is 5.91 Å². The summed E-state index contributed by atoms with van der Waals surface area (Å²) in [6.45, 7) is -0.254. The Balaban J connectivity index is 0.00000280. The monoisotopic (exact) mass is 420 g/mol. The molecule has 3 rings (SSSR count). The van der Waals surface area contributed by atoms with Crippen molar-refractivity contribution in [1.29, 1.82) is 0 Å². The van der Waals surface area contributed by atoms with Gasteiger partial charge < -0.3 is 9.47 Å². The van der Waals surface area contributed by atoms with Crippen LogP contribution in [0.5, 0.6) is 0 Å². The van der Waals surface area contributed by atoms with Crippen molar-refractivity contribution >= 4 is 57.8 Å². The third-order valence-corrected chi connectivity index (χ3v) is 5.19. The van der Waals surface area contributed by atoms with Crippen LogP contribution in [-0.4, -0.2) is 95.4 Å². The van der Waals surface area contributed by atoms with E-state index < -0.39 is 40.4 Å². The van der Waals surface area contributed by atoms with Crippen LogP contribution in [0, 0.1) is 0 Å². The summed E-state index contributed by atoms with van der Waals surface area (Å²) in [6, 6.07) is 6.49. The maximum atomic E-state index is 12.4. The van der Waals surface area contributed by atoms with Gasteiger partial charge in [0.2, 0.25) is 0 Å². The molecule has 0 radical (unpaired) electrons. The molecular weight excluding hydrogens is 403 g/mol. The van der Waals surface area contributed by atoms with Gasteiger partial charge in [0.05, 0.1) is 7.11 Å². The number of methoxy groups -OCH3 is 1. The quantitative estimate of drug-likeness (QED) is 0.226. The van der Waals surface area contributed by atoms with Crippen molar-refractivity contribution in [2.75, 3.05) is 13.7 Å². The van der Waals surface area contributed by atoms with E-state index in [0.717, 1.165) is 23.6 Å². The SMILES string of the molecule is COC(=O)C=C1CN(C(=O)OCc2ccccc2)[C@@H]2C(=O)N(S(=O)(=O)O)[C@H]12.[NaH]. The summed E-state index contributed by atoms with van der Waals surface area (Å²) in [5, 5.41) is 0. The summed E-state index contributed by atoms with van der Waals surface area (Å²) in [6.07, 6.45) is 0.151. The fourth-order valence-corrected chi connectivity index (χ4v) is 3.95. The average Bonchev–Trinajstić information content (AvgIpc) is 2.92. The van der Waals surface area contributed by atoms with E-state index in [0.29, 0.717) is 0 Å². The molecular formula is C16H17N2NaO8S. The molecule has 2 saturated heterocycles. The number of fused-ring (bicyclic) bond motifs is 1. The summed E-state index contributed by atoms with van der Waals surface area (Å²) < 4.78 is 42.0. The second-order valence-corrected chi connectivity index (χ2v) is 7.20. The first-order valence-electron chi connectivity index (χ1n) is 7.80. The Kier molecular flexibility index (Phi) is 6.88. The van der Waals surface area contributed by atoms with Crippen LogP contribution in [0.4, 0.5) is 4.79 Å². The molecule has 2 fully saturated rings. The fourth-order valence-electron chi connectivity index (χ4n) is 3.07. The standard InChI is InChI=1S/C16H16N2O8S.Na.H/c1-25-12(19)7-11-8-17(14-13(11)18(15(14)20)27(22,23)24)16(21)26-9-10-5-3-2-4-6-10;;/h2-7,13-14H,8-9H2,1H3,(H,22,23,24);;/t13-,14+;;/m1../s1. The van der Waals surface area contributed by atoms with Gasteiger partial charge in [-0.05, 0) is 11.1 Å². The first-order valence-corrected chi connectivity index (χ1v) is 9.20. The second-order valence-electron chi connectivity index (χ2n) is 5.91. The van der Waals surface area contributed by atoms with E-state index >= 15 is 0 Å². The number of carbonyl (C=O) groups excluding carboxylic acids is 3. The molecule has 1 aromatic carbocycles. The summed E-state index contributed by atoms with van der Waals surface area (Å²) in [7, 11) is -3.71. The number of hydrogen-bond donors (Lipinski definition) is 1. The molecule has 146 valence electrons. The first kappa shape index (κ1) is 22.4. The van der Waals surface area contributed by atoms with Gasteiger partial charge in [0.1, 0.15) is 18.7 Å². The Labute approximate surface area is 183 Å². The molecule has 10 nitrogen and oxygen atoms in total. The molecule has 2 atom stereocenters. The van der Waals surface area contributed by atoms with Gasteiger partial charge in [0.15, 0.2) is 0 Å². The number of β-lactam (4-membered cyclic amide) rings is 1. The predicted molar refractivity (Wildman–Crippen MR) is 96.6 cm³/mol. The zero-order valence-electron chi connectivity index (χ0n) is 14.1. The Morgan fingerprint density at radius 2 is 1.89 bits per heavy atom. The Bertz CT molecular complexity index is 918. The van der Waals surface area contributed by atoms with E-state index in [1.54, 1.807) is 30.3 Å². The Morgan fingerprint density at radius 3 is 2.46 bits per heavy atom. The van der Waals surface area contributed by atoms with Crippen LogP contribution in [0.2, 0.25) is 0 Å². The van der Waals surface area contributed by atoms with E-state index in [-0.39, 0.29) is 52.6 Å². The van der Waals surface area contributed by atoms with E-state index in [1.165, 1.54) is 0 Å². The van der Waals surface area contributed by atoms with Gasteiger partial charge in [0, 0.05) is 12.6 Å². The van der Waals surface area contributed by atoms with Crippen molar-refractivity contribution in [3.63, 3.8) is 0 Å². The molecule has 2 aliphatic heterocycles. The molecule has 28 heavy (non-hydrogen) atoms. The molecule has 0 bridgehead atoms. The van der Waals surface area contributed by atoms with Crippen LogP contribution < -0.4 is 0 Å². The number of likely N-dealkylation sites (tertiary alicyclic amines) is 1. The van der Waals surface area contributed by atoms with E-state index in [1.807, 2.05) is 0 Å². The number of hydrogen-bond acceptors (Lipinski definition) is 7. The van der Waals surface area contributed by atoms with Crippen molar-refractivity contribution in [3.05, 3.63) is 47.5 Å². The van der Waals surface area contributed by atoms with Crippen LogP contribution in [0.25, 0.3) is 0 Å². The molecule has 1 aromatic rings. The number of ether oxygens (including phenoxy) is 2.